The molecule has 0 heterocycles. The van der Waals surface area contributed by atoms with Crippen LogP contribution in [0.1, 0.15) is 28.4 Å². The molecule has 2 rings (SSSR count). The number of ether oxygens (including phenoxy) is 2. The van der Waals surface area contributed by atoms with Gasteiger partial charge in [-0.05, 0) is 68.3 Å². The number of carbonyl (C=O) groups is 2. The molecule has 1 N–H and O–H groups in total. The molecule has 0 radical (unpaired) electrons. The van der Waals surface area contributed by atoms with Crippen LogP contribution in [0.5, 0.6) is 5.75 Å². The van der Waals surface area contributed by atoms with Crippen molar-refractivity contribution >= 4 is 17.6 Å². The number of esters is 1. The highest BCUT2D eigenvalue weighted by atomic mass is 16.5. The first-order chi connectivity index (χ1) is 11.4. The van der Waals surface area contributed by atoms with Gasteiger partial charge < -0.3 is 14.8 Å². The van der Waals surface area contributed by atoms with Crippen LogP contribution in [0.15, 0.2) is 42.5 Å². The number of rotatable bonds is 5. The van der Waals surface area contributed by atoms with Crippen molar-refractivity contribution in [3.63, 3.8) is 0 Å². The molecule has 0 bridgehead atoms. The lowest BCUT2D eigenvalue weighted by molar-refractivity contribution is -0.123. The zero-order valence-electron chi connectivity index (χ0n) is 14.3. The average Bonchev–Trinajstić information content (AvgIpc) is 2.57. The van der Waals surface area contributed by atoms with Crippen LogP contribution in [0.3, 0.4) is 0 Å². The number of hydrogen-bond acceptors (Lipinski definition) is 4. The summed E-state index contributed by atoms with van der Waals surface area (Å²) in [5.74, 6) is -0.213. The van der Waals surface area contributed by atoms with Crippen LogP contribution in [0.2, 0.25) is 0 Å². The fourth-order valence-electron chi connectivity index (χ4n) is 2.07. The molecular weight excluding hydrogens is 306 g/mol. The summed E-state index contributed by atoms with van der Waals surface area (Å²) in [6.45, 7) is 5.43. The summed E-state index contributed by atoms with van der Waals surface area (Å²) in [6, 6.07) is 12.2. The van der Waals surface area contributed by atoms with E-state index < -0.39 is 18.0 Å². The molecule has 0 aliphatic rings. The molecule has 1 amide bonds. The lowest BCUT2D eigenvalue weighted by atomic mass is 10.1. The van der Waals surface area contributed by atoms with Gasteiger partial charge in [0.25, 0.3) is 5.91 Å². The number of carbonyl (C=O) groups excluding carboxylic acids is 2. The van der Waals surface area contributed by atoms with Crippen LogP contribution in [-0.2, 0) is 9.53 Å². The Morgan fingerprint density at radius 2 is 1.67 bits per heavy atom. The molecule has 2 aromatic carbocycles. The van der Waals surface area contributed by atoms with Crippen molar-refractivity contribution in [1.29, 1.82) is 0 Å². The normalized spacial score (nSPS) is 11.5. The number of anilines is 1. The van der Waals surface area contributed by atoms with Gasteiger partial charge in [-0.3, -0.25) is 4.79 Å². The Bertz CT molecular complexity index is 738. The number of nitrogens with one attached hydrogen (secondary N) is 1. The highest BCUT2D eigenvalue weighted by Crippen LogP contribution is 2.16. The van der Waals surface area contributed by atoms with E-state index in [1.807, 2.05) is 19.9 Å². The summed E-state index contributed by atoms with van der Waals surface area (Å²) in [5, 5.41) is 2.70. The lowest BCUT2D eigenvalue weighted by Gasteiger charge is -2.14. The third kappa shape index (κ3) is 4.35. The van der Waals surface area contributed by atoms with Gasteiger partial charge in [0, 0.05) is 5.69 Å². The topological polar surface area (TPSA) is 64.6 Å². The van der Waals surface area contributed by atoms with E-state index in [0.717, 1.165) is 11.1 Å². The van der Waals surface area contributed by atoms with Crippen molar-refractivity contribution in [3.8, 4) is 5.75 Å². The van der Waals surface area contributed by atoms with Crippen molar-refractivity contribution in [2.45, 2.75) is 26.9 Å². The average molecular weight is 327 g/mol. The standard InChI is InChI=1S/C19H21NO4/c1-12-5-6-15(11-13(12)2)19(22)24-14(3)18(21)20-16-7-9-17(23-4)10-8-16/h5-11,14H,1-4H3,(H,20,21). The number of aryl methyl sites for hydroxylation is 2. The smallest absolute Gasteiger partial charge is 0.338 e. The first-order valence-electron chi connectivity index (χ1n) is 7.64. The van der Waals surface area contributed by atoms with Crippen LogP contribution in [0.4, 0.5) is 5.69 Å². The maximum absolute atomic E-state index is 12.1. The SMILES string of the molecule is COc1ccc(NC(=O)C(C)OC(=O)c2ccc(C)c(C)c2)cc1. The van der Waals surface area contributed by atoms with Crippen molar-refractivity contribution in [1.82, 2.24) is 0 Å². The van der Waals surface area contributed by atoms with Crippen LogP contribution in [0.25, 0.3) is 0 Å². The number of amides is 1. The maximum atomic E-state index is 12.1. The van der Waals surface area contributed by atoms with Crippen molar-refractivity contribution in [3.05, 3.63) is 59.2 Å². The molecule has 1 unspecified atom stereocenters. The van der Waals surface area contributed by atoms with Crippen LogP contribution in [-0.4, -0.2) is 25.1 Å². The van der Waals surface area contributed by atoms with Gasteiger partial charge in [-0.2, -0.15) is 0 Å². The van der Waals surface area contributed by atoms with Crippen LogP contribution < -0.4 is 10.1 Å². The quantitative estimate of drug-likeness (QED) is 0.854. The van der Waals surface area contributed by atoms with E-state index >= 15 is 0 Å². The van der Waals surface area contributed by atoms with E-state index in [1.54, 1.807) is 43.5 Å². The highest BCUT2D eigenvalue weighted by Gasteiger charge is 2.19. The second-order valence-corrected chi connectivity index (χ2v) is 5.56. The Kier molecular flexibility index (Phi) is 5.58. The largest absolute Gasteiger partial charge is 0.497 e. The van der Waals surface area contributed by atoms with Gasteiger partial charge in [0.2, 0.25) is 0 Å². The monoisotopic (exact) mass is 327 g/mol. The molecule has 0 spiro atoms. The Hall–Kier alpha value is -2.82. The van der Waals surface area contributed by atoms with E-state index in [2.05, 4.69) is 5.32 Å². The van der Waals surface area contributed by atoms with Gasteiger partial charge in [-0.1, -0.05) is 6.07 Å². The predicted octanol–water partition coefficient (Wildman–Crippen LogP) is 3.50. The summed E-state index contributed by atoms with van der Waals surface area (Å²) >= 11 is 0. The van der Waals surface area contributed by atoms with Crippen molar-refractivity contribution in [2.24, 2.45) is 0 Å². The first kappa shape index (κ1) is 17.5. The Labute approximate surface area is 141 Å². The minimum Gasteiger partial charge on any atom is -0.497 e. The van der Waals surface area contributed by atoms with Crippen LogP contribution >= 0.6 is 0 Å². The second-order valence-electron chi connectivity index (χ2n) is 5.56. The molecule has 2 aromatic rings. The van der Waals surface area contributed by atoms with E-state index in [9.17, 15) is 9.59 Å². The molecule has 1 atom stereocenters. The fraction of sp³-hybridized carbons (Fsp3) is 0.263. The fourth-order valence-corrected chi connectivity index (χ4v) is 2.07. The van der Waals surface area contributed by atoms with E-state index in [1.165, 1.54) is 6.92 Å². The first-order valence-corrected chi connectivity index (χ1v) is 7.64. The third-order valence-corrected chi connectivity index (χ3v) is 3.75. The van der Waals surface area contributed by atoms with E-state index in [0.29, 0.717) is 17.0 Å². The molecule has 0 aliphatic carbocycles. The Morgan fingerprint density at radius 1 is 1.00 bits per heavy atom. The summed E-state index contributed by atoms with van der Waals surface area (Å²) in [7, 11) is 1.57. The summed E-state index contributed by atoms with van der Waals surface area (Å²) in [5.41, 5.74) is 3.13. The molecule has 5 heteroatoms. The molecule has 126 valence electrons. The van der Waals surface area contributed by atoms with Crippen molar-refractivity contribution in [2.75, 3.05) is 12.4 Å². The van der Waals surface area contributed by atoms with Gasteiger partial charge in [0.15, 0.2) is 6.10 Å². The number of benzene rings is 2. The molecule has 0 fully saturated rings. The van der Waals surface area contributed by atoms with Gasteiger partial charge >= 0.3 is 5.97 Å². The summed E-state index contributed by atoms with van der Waals surface area (Å²) in [6.07, 6.45) is -0.902. The molecule has 0 aromatic heterocycles. The van der Waals surface area contributed by atoms with Crippen LogP contribution in [0, 0.1) is 13.8 Å². The predicted molar refractivity (Wildman–Crippen MR) is 92.4 cm³/mol. The summed E-state index contributed by atoms with van der Waals surface area (Å²) < 4.78 is 10.3. The lowest BCUT2D eigenvalue weighted by Crippen LogP contribution is -2.30. The Balaban J connectivity index is 1.97. The zero-order chi connectivity index (χ0) is 17.7. The number of hydrogen-bond donors (Lipinski definition) is 1. The minimum atomic E-state index is -0.902. The molecule has 0 saturated carbocycles. The highest BCUT2D eigenvalue weighted by molar-refractivity contribution is 5.97. The molecule has 0 aliphatic heterocycles. The molecular formula is C19H21NO4. The number of methoxy groups -OCH3 is 1. The van der Waals surface area contributed by atoms with Crippen molar-refractivity contribution < 1.29 is 19.1 Å². The summed E-state index contributed by atoms with van der Waals surface area (Å²) in [4.78, 5) is 24.3. The van der Waals surface area contributed by atoms with E-state index in [-0.39, 0.29) is 0 Å². The second kappa shape index (κ2) is 7.64. The molecule has 5 nitrogen and oxygen atoms in total. The minimum absolute atomic E-state index is 0.391. The van der Waals surface area contributed by atoms with Gasteiger partial charge in [0.05, 0.1) is 12.7 Å². The maximum Gasteiger partial charge on any atom is 0.338 e. The van der Waals surface area contributed by atoms with Gasteiger partial charge in [0.1, 0.15) is 5.75 Å². The van der Waals surface area contributed by atoms with E-state index in [4.69, 9.17) is 9.47 Å². The zero-order valence-corrected chi connectivity index (χ0v) is 14.3. The third-order valence-electron chi connectivity index (χ3n) is 3.75. The molecule has 0 saturated heterocycles. The molecule has 24 heavy (non-hydrogen) atoms. The van der Waals surface area contributed by atoms with Gasteiger partial charge in [-0.25, -0.2) is 4.79 Å². The van der Waals surface area contributed by atoms with Gasteiger partial charge in [-0.15, -0.1) is 0 Å². The Morgan fingerprint density at radius 3 is 2.25 bits per heavy atom.